The Balaban J connectivity index is 2.15. The van der Waals surface area contributed by atoms with E-state index in [1.807, 2.05) is 12.1 Å². The number of rotatable bonds is 5. The summed E-state index contributed by atoms with van der Waals surface area (Å²) < 4.78 is 0. The predicted molar refractivity (Wildman–Crippen MR) is 68.7 cm³/mol. The van der Waals surface area contributed by atoms with Crippen LogP contribution in [0.1, 0.15) is 23.2 Å². The van der Waals surface area contributed by atoms with Gasteiger partial charge in [-0.25, -0.2) is 0 Å². The van der Waals surface area contributed by atoms with Crippen molar-refractivity contribution >= 4 is 0 Å². The molecule has 17 heavy (non-hydrogen) atoms. The van der Waals surface area contributed by atoms with Crippen LogP contribution in [0.4, 0.5) is 0 Å². The van der Waals surface area contributed by atoms with Gasteiger partial charge in [-0.1, -0.05) is 24.3 Å². The van der Waals surface area contributed by atoms with Crippen LogP contribution in [-0.4, -0.2) is 16.7 Å². The maximum Gasteiger partial charge on any atom is 0.0674 e. The van der Waals surface area contributed by atoms with Crippen LogP contribution in [-0.2, 0) is 12.8 Å². The molecule has 0 radical (unpaired) electrons. The first-order valence-corrected chi connectivity index (χ1v) is 5.93. The van der Waals surface area contributed by atoms with E-state index in [9.17, 15) is 0 Å². The fourth-order valence-electron chi connectivity index (χ4n) is 1.89. The van der Waals surface area contributed by atoms with Crippen LogP contribution in [0.3, 0.4) is 0 Å². The molecule has 88 valence electrons. The molecular weight excluding hydrogens is 210 g/mol. The van der Waals surface area contributed by atoms with Crippen molar-refractivity contribution in [2.24, 2.45) is 5.73 Å². The van der Waals surface area contributed by atoms with Gasteiger partial charge in [-0.3, -0.25) is 0 Å². The lowest BCUT2D eigenvalue weighted by Gasteiger charge is -2.08. The molecule has 0 amide bonds. The standard InChI is InChI=1S/C14H17N3/c15-9-3-7-12-5-1-2-6-13(12)11-14-8-4-10-16-17-14/h1-2,4-6,8,10H,3,7,9,11,15H2. The van der Waals surface area contributed by atoms with Gasteiger partial charge in [-0.15, -0.1) is 0 Å². The molecule has 1 aromatic heterocycles. The third-order valence-corrected chi connectivity index (χ3v) is 2.77. The van der Waals surface area contributed by atoms with Crippen LogP contribution in [0, 0.1) is 0 Å². The van der Waals surface area contributed by atoms with E-state index in [1.54, 1.807) is 6.20 Å². The summed E-state index contributed by atoms with van der Waals surface area (Å²) >= 11 is 0. The van der Waals surface area contributed by atoms with Crippen LogP contribution in [0.15, 0.2) is 42.6 Å². The first-order valence-electron chi connectivity index (χ1n) is 5.93. The Kier molecular flexibility index (Phi) is 4.22. The highest BCUT2D eigenvalue weighted by Gasteiger charge is 2.03. The number of benzene rings is 1. The highest BCUT2D eigenvalue weighted by atomic mass is 15.1. The lowest BCUT2D eigenvalue weighted by Crippen LogP contribution is -2.03. The van der Waals surface area contributed by atoms with Crippen molar-refractivity contribution in [3.05, 3.63) is 59.4 Å². The molecule has 0 saturated carbocycles. The van der Waals surface area contributed by atoms with Gasteiger partial charge in [0.2, 0.25) is 0 Å². The summed E-state index contributed by atoms with van der Waals surface area (Å²) in [6.45, 7) is 0.736. The van der Waals surface area contributed by atoms with Crippen LogP contribution < -0.4 is 5.73 Å². The molecule has 0 atom stereocenters. The van der Waals surface area contributed by atoms with Gasteiger partial charge in [0.15, 0.2) is 0 Å². The Bertz CT molecular complexity index is 454. The molecule has 0 unspecified atom stereocenters. The van der Waals surface area contributed by atoms with Crippen molar-refractivity contribution in [1.82, 2.24) is 10.2 Å². The van der Waals surface area contributed by atoms with Crippen molar-refractivity contribution in [3.63, 3.8) is 0 Å². The van der Waals surface area contributed by atoms with Gasteiger partial charge >= 0.3 is 0 Å². The molecular formula is C14H17N3. The Labute approximate surface area is 102 Å². The summed E-state index contributed by atoms with van der Waals surface area (Å²) in [4.78, 5) is 0. The molecule has 0 fully saturated rings. The third kappa shape index (κ3) is 3.36. The van der Waals surface area contributed by atoms with Gasteiger partial charge in [0.05, 0.1) is 5.69 Å². The Hall–Kier alpha value is -1.74. The molecule has 0 saturated heterocycles. The van der Waals surface area contributed by atoms with Crippen molar-refractivity contribution < 1.29 is 0 Å². The van der Waals surface area contributed by atoms with E-state index in [2.05, 4.69) is 34.5 Å². The quantitative estimate of drug-likeness (QED) is 0.849. The first kappa shape index (κ1) is 11.7. The zero-order valence-electron chi connectivity index (χ0n) is 9.84. The van der Waals surface area contributed by atoms with E-state index in [1.165, 1.54) is 11.1 Å². The Morgan fingerprint density at radius 1 is 1.00 bits per heavy atom. The molecule has 2 N–H and O–H groups in total. The maximum atomic E-state index is 5.56. The third-order valence-electron chi connectivity index (χ3n) is 2.77. The van der Waals surface area contributed by atoms with Gasteiger partial charge in [0.1, 0.15) is 0 Å². The SMILES string of the molecule is NCCCc1ccccc1Cc1cccnn1. The normalized spacial score (nSPS) is 10.4. The molecule has 2 rings (SSSR count). The van der Waals surface area contributed by atoms with Gasteiger partial charge in [-0.05, 0) is 42.6 Å². The first-order chi connectivity index (χ1) is 8.40. The number of aryl methyl sites for hydroxylation is 1. The van der Waals surface area contributed by atoms with Crippen molar-refractivity contribution in [3.8, 4) is 0 Å². The largest absolute Gasteiger partial charge is 0.330 e. The van der Waals surface area contributed by atoms with Crippen LogP contribution in [0.25, 0.3) is 0 Å². The molecule has 1 aromatic carbocycles. The van der Waals surface area contributed by atoms with E-state index >= 15 is 0 Å². The molecule has 3 heteroatoms. The summed E-state index contributed by atoms with van der Waals surface area (Å²) in [6.07, 6.45) is 4.60. The minimum atomic E-state index is 0.736. The molecule has 0 aliphatic rings. The average Bonchev–Trinajstić information content (AvgIpc) is 2.39. The second-order valence-corrected chi connectivity index (χ2v) is 4.05. The topological polar surface area (TPSA) is 51.8 Å². The number of hydrogen-bond acceptors (Lipinski definition) is 3. The molecule has 3 nitrogen and oxygen atoms in total. The van der Waals surface area contributed by atoms with Crippen molar-refractivity contribution in [2.75, 3.05) is 6.54 Å². The predicted octanol–water partition coefficient (Wildman–Crippen LogP) is 1.96. The summed E-state index contributed by atoms with van der Waals surface area (Å²) in [6, 6.07) is 12.4. The van der Waals surface area contributed by atoms with Crippen LogP contribution in [0.2, 0.25) is 0 Å². The van der Waals surface area contributed by atoms with Gasteiger partial charge in [-0.2, -0.15) is 10.2 Å². The van der Waals surface area contributed by atoms with Crippen LogP contribution in [0.5, 0.6) is 0 Å². The average molecular weight is 227 g/mol. The van der Waals surface area contributed by atoms with Gasteiger partial charge in [0, 0.05) is 12.6 Å². The van der Waals surface area contributed by atoms with E-state index in [0.717, 1.165) is 31.5 Å². The number of hydrogen-bond donors (Lipinski definition) is 1. The zero-order chi connectivity index (χ0) is 11.9. The maximum absolute atomic E-state index is 5.56. The second-order valence-electron chi connectivity index (χ2n) is 4.05. The molecule has 0 spiro atoms. The summed E-state index contributed by atoms with van der Waals surface area (Å²) in [7, 11) is 0. The minimum absolute atomic E-state index is 0.736. The molecule has 0 aliphatic heterocycles. The highest BCUT2D eigenvalue weighted by Crippen LogP contribution is 2.14. The van der Waals surface area contributed by atoms with Crippen molar-refractivity contribution in [1.29, 1.82) is 0 Å². The van der Waals surface area contributed by atoms with Gasteiger partial charge < -0.3 is 5.73 Å². The summed E-state index contributed by atoms with van der Waals surface area (Å²) in [5, 5.41) is 8.02. The zero-order valence-corrected chi connectivity index (χ0v) is 9.84. The molecule has 0 bridgehead atoms. The smallest absolute Gasteiger partial charge is 0.0674 e. The fourth-order valence-corrected chi connectivity index (χ4v) is 1.89. The summed E-state index contributed by atoms with van der Waals surface area (Å²) in [5.41, 5.74) is 9.25. The Morgan fingerprint density at radius 3 is 2.53 bits per heavy atom. The Morgan fingerprint density at radius 2 is 1.82 bits per heavy atom. The molecule has 2 aromatic rings. The fraction of sp³-hybridized carbons (Fsp3) is 0.286. The van der Waals surface area contributed by atoms with E-state index in [-0.39, 0.29) is 0 Å². The van der Waals surface area contributed by atoms with E-state index in [0.29, 0.717) is 0 Å². The van der Waals surface area contributed by atoms with Crippen molar-refractivity contribution in [2.45, 2.75) is 19.3 Å². The second kappa shape index (κ2) is 6.11. The van der Waals surface area contributed by atoms with E-state index < -0.39 is 0 Å². The number of nitrogens with zero attached hydrogens (tertiary/aromatic N) is 2. The molecule has 1 heterocycles. The lowest BCUT2D eigenvalue weighted by atomic mass is 9.99. The lowest BCUT2D eigenvalue weighted by molar-refractivity contribution is 0.820. The monoisotopic (exact) mass is 227 g/mol. The molecule has 0 aliphatic carbocycles. The van der Waals surface area contributed by atoms with E-state index in [4.69, 9.17) is 5.73 Å². The number of aromatic nitrogens is 2. The number of nitrogens with two attached hydrogens (primary N) is 1. The summed E-state index contributed by atoms with van der Waals surface area (Å²) in [5.74, 6) is 0. The van der Waals surface area contributed by atoms with Crippen LogP contribution >= 0.6 is 0 Å². The highest BCUT2D eigenvalue weighted by molar-refractivity contribution is 5.30. The van der Waals surface area contributed by atoms with Gasteiger partial charge in [0.25, 0.3) is 0 Å². The minimum Gasteiger partial charge on any atom is -0.330 e.